The number of pyridine rings is 1. The number of benzene rings is 2. The van der Waals surface area contributed by atoms with Gasteiger partial charge in [-0.25, -0.2) is 4.98 Å². The standard InChI is InChI=1S/C23H19N5/c1-15(17-4-3-16-7-8-24-22(16)10-17)27-23-11-20-9-18(5-6-19(20)12-25-23)21-13-26-28(2)14-21/h3-14,24H,1H2,2H3,(H,25,27). The second kappa shape index (κ2) is 6.39. The summed E-state index contributed by atoms with van der Waals surface area (Å²) in [6.45, 7) is 4.18. The number of anilines is 1. The Bertz CT molecular complexity index is 1330. The average Bonchev–Trinajstić information content (AvgIpc) is 3.35. The van der Waals surface area contributed by atoms with Gasteiger partial charge < -0.3 is 10.3 Å². The van der Waals surface area contributed by atoms with Gasteiger partial charge in [-0.15, -0.1) is 0 Å². The Labute approximate surface area is 162 Å². The predicted molar refractivity (Wildman–Crippen MR) is 115 cm³/mol. The second-order valence-corrected chi connectivity index (χ2v) is 6.92. The van der Waals surface area contributed by atoms with Gasteiger partial charge in [-0.1, -0.05) is 30.8 Å². The largest absolute Gasteiger partial charge is 0.361 e. The average molecular weight is 365 g/mol. The molecule has 0 aliphatic rings. The summed E-state index contributed by atoms with van der Waals surface area (Å²) in [4.78, 5) is 7.77. The number of hydrogen-bond acceptors (Lipinski definition) is 3. The van der Waals surface area contributed by atoms with Gasteiger partial charge in [-0.05, 0) is 46.2 Å². The monoisotopic (exact) mass is 365 g/mol. The number of nitrogens with zero attached hydrogens (tertiary/aromatic N) is 3. The van der Waals surface area contributed by atoms with E-state index in [1.165, 1.54) is 5.39 Å². The van der Waals surface area contributed by atoms with Crippen LogP contribution in [-0.4, -0.2) is 19.7 Å². The summed E-state index contributed by atoms with van der Waals surface area (Å²) in [5.74, 6) is 0.771. The summed E-state index contributed by atoms with van der Waals surface area (Å²) in [7, 11) is 1.92. The van der Waals surface area contributed by atoms with Gasteiger partial charge in [0.1, 0.15) is 5.82 Å². The van der Waals surface area contributed by atoms with Crippen molar-refractivity contribution in [3.63, 3.8) is 0 Å². The number of aromatic amines is 1. The molecule has 0 amide bonds. The molecule has 5 aromatic rings. The van der Waals surface area contributed by atoms with E-state index in [4.69, 9.17) is 0 Å². The van der Waals surface area contributed by atoms with Gasteiger partial charge in [0.2, 0.25) is 0 Å². The summed E-state index contributed by atoms with van der Waals surface area (Å²) in [5.41, 5.74) is 5.16. The van der Waals surface area contributed by atoms with E-state index in [1.54, 1.807) is 0 Å². The Hall–Kier alpha value is -3.86. The minimum Gasteiger partial charge on any atom is -0.361 e. The van der Waals surface area contributed by atoms with Crippen LogP contribution >= 0.6 is 0 Å². The highest BCUT2D eigenvalue weighted by Crippen LogP contribution is 2.26. The van der Waals surface area contributed by atoms with Crippen molar-refractivity contribution in [2.75, 3.05) is 5.32 Å². The minimum absolute atomic E-state index is 0.771. The van der Waals surface area contributed by atoms with Crippen molar-refractivity contribution in [2.45, 2.75) is 0 Å². The number of H-pyrrole nitrogens is 1. The van der Waals surface area contributed by atoms with Crippen molar-refractivity contribution >= 4 is 33.2 Å². The van der Waals surface area contributed by atoms with Crippen LogP contribution in [-0.2, 0) is 7.05 Å². The highest BCUT2D eigenvalue weighted by Gasteiger charge is 2.06. The van der Waals surface area contributed by atoms with E-state index in [1.807, 2.05) is 42.6 Å². The molecule has 0 fully saturated rings. The van der Waals surface area contributed by atoms with Gasteiger partial charge in [-0.3, -0.25) is 4.68 Å². The Morgan fingerprint density at radius 3 is 2.71 bits per heavy atom. The molecule has 3 heterocycles. The van der Waals surface area contributed by atoms with E-state index in [2.05, 4.69) is 69.4 Å². The van der Waals surface area contributed by atoms with Crippen molar-refractivity contribution < 1.29 is 0 Å². The summed E-state index contributed by atoms with van der Waals surface area (Å²) in [5, 5.41) is 11.0. The SMILES string of the molecule is C=C(Nc1cc2cc(-c3cnn(C)c3)ccc2cn1)c1ccc2cc[nH]c2c1. The molecule has 0 aliphatic heterocycles. The number of fused-ring (bicyclic) bond motifs is 2. The molecular formula is C23H19N5. The normalized spacial score (nSPS) is 11.2. The minimum atomic E-state index is 0.771. The van der Waals surface area contributed by atoms with Crippen LogP contribution in [0.4, 0.5) is 5.82 Å². The predicted octanol–water partition coefficient (Wildman–Crippen LogP) is 5.20. The van der Waals surface area contributed by atoms with Crippen LogP contribution < -0.4 is 5.32 Å². The summed E-state index contributed by atoms with van der Waals surface area (Å²) >= 11 is 0. The van der Waals surface area contributed by atoms with Crippen LogP contribution in [0.2, 0.25) is 0 Å². The highest BCUT2D eigenvalue weighted by molar-refractivity contribution is 5.90. The first-order chi connectivity index (χ1) is 13.7. The first-order valence-corrected chi connectivity index (χ1v) is 9.08. The Morgan fingerprint density at radius 1 is 0.964 bits per heavy atom. The molecule has 0 radical (unpaired) electrons. The Morgan fingerprint density at radius 2 is 1.86 bits per heavy atom. The molecule has 0 spiro atoms. The fraction of sp³-hybridized carbons (Fsp3) is 0.0435. The summed E-state index contributed by atoms with van der Waals surface area (Å²) in [6, 6.07) is 16.7. The molecule has 2 N–H and O–H groups in total. The molecule has 28 heavy (non-hydrogen) atoms. The lowest BCUT2D eigenvalue weighted by molar-refractivity contribution is 0.768. The van der Waals surface area contributed by atoms with E-state index in [0.717, 1.165) is 44.5 Å². The number of nitrogens with one attached hydrogen (secondary N) is 2. The van der Waals surface area contributed by atoms with Gasteiger partial charge in [0.05, 0.1) is 6.20 Å². The topological polar surface area (TPSA) is 58.5 Å². The van der Waals surface area contributed by atoms with Crippen molar-refractivity contribution in [3.05, 3.63) is 85.5 Å². The van der Waals surface area contributed by atoms with Crippen molar-refractivity contribution in [1.29, 1.82) is 0 Å². The molecule has 5 heteroatoms. The van der Waals surface area contributed by atoms with Crippen molar-refractivity contribution in [2.24, 2.45) is 7.05 Å². The third-order valence-electron chi connectivity index (χ3n) is 4.94. The third kappa shape index (κ3) is 2.93. The molecule has 0 saturated heterocycles. The van der Waals surface area contributed by atoms with E-state index in [0.29, 0.717) is 0 Å². The van der Waals surface area contributed by atoms with Gasteiger partial charge in [0.25, 0.3) is 0 Å². The zero-order chi connectivity index (χ0) is 19.1. The zero-order valence-electron chi connectivity index (χ0n) is 15.5. The Balaban J connectivity index is 1.45. The molecule has 0 saturated carbocycles. The quantitative estimate of drug-likeness (QED) is 0.460. The number of aromatic nitrogens is 4. The maximum absolute atomic E-state index is 4.54. The highest BCUT2D eigenvalue weighted by atomic mass is 15.2. The molecule has 5 nitrogen and oxygen atoms in total. The van der Waals surface area contributed by atoms with Crippen LogP contribution in [0.5, 0.6) is 0 Å². The van der Waals surface area contributed by atoms with Crippen LogP contribution in [0, 0.1) is 0 Å². The lowest BCUT2D eigenvalue weighted by Crippen LogP contribution is -1.99. The maximum Gasteiger partial charge on any atom is 0.130 e. The van der Waals surface area contributed by atoms with Gasteiger partial charge in [-0.2, -0.15) is 5.10 Å². The molecule has 0 aliphatic carbocycles. The molecule has 0 bridgehead atoms. The van der Waals surface area contributed by atoms with Crippen molar-refractivity contribution in [1.82, 2.24) is 19.7 Å². The first kappa shape index (κ1) is 16.3. The molecule has 5 rings (SSSR count). The number of aryl methyl sites for hydroxylation is 1. The van der Waals surface area contributed by atoms with Crippen LogP contribution in [0.15, 0.2) is 79.9 Å². The lowest BCUT2D eigenvalue weighted by atomic mass is 10.0. The van der Waals surface area contributed by atoms with Gasteiger partial charge in [0.15, 0.2) is 0 Å². The number of hydrogen-bond donors (Lipinski definition) is 2. The fourth-order valence-electron chi connectivity index (χ4n) is 3.42. The van der Waals surface area contributed by atoms with Gasteiger partial charge in [0, 0.05) is 47.8 Å². The van der Waals surface area contributed by atoms with Crippen molar-refractivity contribution in [3.8, 4) is 11.1 Å². The molecule has 0 unspecified atom stereocenters. The first-order valence-electron chi connectivity index (χ1n) is 9.08. The van der Waals surface area contributed by atoms with Crippen LogP contribution in [0.25, 0.3) is 38.5 Å². The third-order valence-corrected chi connectivity index (χ3v) is 4.94. The second-order valence-electron chi connectivity index (χ2n) is 6.92. The molecule has 2 aromatic carbocycles. The molecule has 3 aromatic heterocycles. The fourth-order valence-corrected chi connectivity index (χ4v) is 3.42. The van der Waals surface area contributed by atoms with E-state index in [9.17, 15) is 0 Å². The molecule has 0 atom stereocenters. The maximum atomic E-state index is 4.54. The molecule has 136 valence electrons. The van der Waals surface area contributed by atoms with Crippen LogP contribution in [0.1, 0.15) is 5.56 Å². The van der Waals surface area contributed by atoms with E-state index < -0.39 is 0 Å². The Kier molecular flexibility index (Phi) is 3.72. The smallest absolute Gasteiger partial charge is 0.130 e. The summed E-state index contributed by atoms with van der Waals surface area (Å²) < 4.78 is 1.81. The number of rotatable bonds is 4. The summed E-state index contributed by atoms with van der Waals surface area (Å²) in [6.07, 6.45) is 7.71. The van der Waals surface area contributed by atoms with Crippen LogP contribution in [0.3, 0.4) is 0 Å². The lowest BCUT2D eigenvalue weighted by Gasteiger charge is -2.10. The van der Waals surface area contributed by atoms with E-state index in [-0.39, 0.29) is 0 Å². The van der Waals surface area contributed by atoms with E-state index >= 15 is 0 Å². The molecular weight excluding hydrogens is 346 g/mol. The van der Waals surface area contributed by atoms with Gasteiger partial charge >= 0.3 is 0 Å². The zero-order valence-corrected chi connectivity index (χ0v) is 15.5.